The maximum Gasteiger partial charge on any atom is 0.111 e. The van der Waals surface area contributed by atoms with Gasteiger partial charge in [-0.2, -0.15) is 5.11 Å². The van der Waals surface area contributed by atoms with Crippen LogP contribution < -0.4 is 0 Å². The van der Waals surface area contributed by atoms with E-state index < -0.39 is 0 Å². The van der Waals surface area contributed by atoms with Gasteiger partial charge in [-0.3, -0.25) is 9.98 Å². The summed E-state index contributed by atoms with van der Waals surface area (Å²) in [6.45, 7) is 4.08. The number of nitrogens with zero attached hydrogens (tertiary/aromatic N) is 4. The van der Waals surface area contributed by atoms with Crippen molar-refractivity contribution in [2.45, 2.75) is 13.8 Å². The summed E-state index contributed by atoms with van der Waals surface area (Å²) >= 11 is 0. The molecule has 0 N–H and O–H groups in total. The minimum absolute atomic E-state index is 0.742. The molecule has 24 heavy (non-hydrogen) atoms. The highest BCUT2D eigenvalue weighted by Gasteiger charge is 2.01. The molecular formula is C20H18N4. The second kappa shape index (κ2) is 7.42. The Morgan fingerprint density at radius 1 is 0.750 bits per heavy atom. The monoisotopic (exact) mass is 314 g/mol. The smallest absolute Gasteiger partial charge is 0.111 e. The fourth-order valence-corrected chi connectivity index (χ4v) is 2.14. The van der Waals surface area contributed by atoms with Crippen LogP contribution in [0.5, 0.6) is 0 Å². The number of azo groups is 1. The van der Waals surface area contributed by atoms with Gasteiger partial charge in [-0.1, -0.05) is 23.8 Å². The first-order valence-electron chi connectivity index (χ1n) is 7.74. The van der Waals surface area contributed by atoms with Crippen molar-refractivity contribution in [2.75, 3.05) is 0 Å². The highest BCUT2D eigenvalue weighted by atomic mass is 15.1. The van der Waals surface area contributed by atoms with Crippen molar-refractivity contribution in [3.8, 4) is 0 Å². The third kappa shape index (κ3) is 4.20. The summed E-state index contributed by atoms with van der Waals surface area (Å²) in [7, 11) is 0. The minimum atomic E-state index is 0.742. The normalized spacial score (nSPS) is 11.4. The lowest BCUT2D eigenvalue weighted by molar-refractivity contribution is 1.22. The zero-order valence-corrected chi connectivity index (χ0v) is 13.7. The molecule has 0 bridgehead atoms. The average Bonchev–Trinajstić information content (AvgIpc) is 2.61. The molecule has 118 valence electrons. The molecule has 0 fully saturated rings. The van der Waals surface area contributed by atoms with Crippen molar-refractivity contribution in [1.29, 1.82) is 0 Å². The van der Waals surface area contributed by atoms with Crippen molar-refractivity contribution in [3.05, 3.63) is 83.7 Å². The van der Waals surface area contributed by atoms with Gasteiger partial charge in [0.25, 0.3) is 0 Å². The fourth-order valence-electron chi connectivity index (χ4n) is 2.14. The molecule has 0 aliphatic heterocycles. The van der Waals surface area contributed by atoms with Crippen molar-refractivity contribution in [1.82, 2.24) is 4.98 Å². The second-order valence-corrected chi connectivity index (χ2v) is 5.57. The first kappa shape index (κ1) is 15.7. The second-order valence-electron chi connectivity index (χ2n) is 5.57. The van der Waals surface area contributed by atoms with Crippen LogP contribution in [0.4, 0.5) is 17.1 Å². The molecule has 0 unspecified atom stereocenters. The topological polar surface area (TPSA) is 50.0 Å². The van der Waals surface area contributed by atoms with Crippen LogP contribution in [-0.4, -0.2) is 11.2 Å². The van der Waals surface area contributed by atoms with Crippen LogP contribution in [-0.2, 0) is 0 Å². The van der Waals surface area contributed by atoms with Gasteiger partial charge in [0.2, 0.25) is 0 Å². The van der Waals surface area contributed by atoms with Gasteiger partial charge in [-0.05, 0) is 61.4 Å². The zero-order chi connectivity index (χ0) is 16.8. The van der Waals surface area contributed by atoms with Crippen LogP contribution in [0, 0.1) is 13.8 Å². The molecule has 0 spiro atoms. The van der Waals surface area contributed by atoms with E-state index in [2.05, 4.69) is 20.2 Å². The molecule has 0 radical (unpaired) electrons. The van der Waals surface area contributed by atoms with Gasteiger partial charge in [-0.15, -0.1) is 5.11 Å². The lowest BCUT2D eigenvalue weighted by Crippen LogP contribution is -1.81. The Hall–Kier alpha value is -3.14. The third-order valence-corrected chi connectivity index (χ3v) is 3.50. The first-order valence-corrected chi connectivity index (χ1v) is 7.74. The molecule has 2 aromatic carbocycles. The minimum Gasteiger partial charge on any atom is -0.265 e. The molecule has 3 aromatic rings. The van der Waals surface area contributed by atoms with E-state index in [1.165, 1.54) is 5.56 Å². The number of benzene rings is 2. The number of rotatable bonds is 4. The van der Waals surface area contributed by atoms with E-state index >= 15 is 0 Å². The van der Waals surface area contributed by atoms with Gasteiger partial charge in [-0.25, -0.2) is 0 Å². The summed E-state index contributed by atoms with van der Waals surface area (Å²) in [5.74, 6) is 0. The van der Waals surface area contributed by atoms with E-state index in [1.807, 2.05) is 68.4 Å². The Kier molecular flexibility index (Phi) is 4.87. The summed E-state index contributed by atoms with van der Waals surface area (Å²) in [6, 6.07) is 17.7. The lowest BCUT2D eigenvalue weighted by Gasteiger charge is -2.01. The maximum absolute atomic E-state index is 4.56. The van der Waals surface area contributed by atoms with E-state index in [0.717, 1.165) is 28.2 Å². The highest BCUT2D eigenvalue weighted by molar-refractivity contribution is 5.83. The Morgan fingerprint density at radius 2 is 1.46 bits per heavy atom. The van der Waals surface area contributed by atoms with Crippen molar-refractivity contribution >= 4 is 23.3 Å². The number of aliphatic imine (C=N–C) groups is 1. The summed E-state index contributed by atoms with van der Waals surface area (Å²) < 4.78 is 0. The van der Waals surface area contributed by atoms with E-state index in [1.54, 1.807) is 18.6 Å². The van der Waals surface area contributed by atoms with Gasteiger partial charge < -0.3 is 0 Å². The summed E-state index contributed by atoms with van der Waals surface area (Å²) in [5.41, 5.74) is 5.69. The van der Waals surface area contributed by atoms with Gasteiger partial charge >= 0.3 is 0 Å². The molecule has 4 nitrogen and oxygen atoms in total. The molecule has 0 amide bonds. The van der Waals surface area contributed by atoms with Gasteiger partial charge in [0.1, 0.15) is 5.69 Å². The number of aryl methyl sites for hydroxylation is 2. The molecule has 0 saturated heterocycles. The zero-order valence-electron chi connectivity index (χ0n) is 13.7. The van der Waals surface area contributed by atoms with Crippen molar-refractivity contribution < 1.29 is 0 Å². The number of hydrogen-bond donors (Lipinski definition) is 0. The molecule has 4 heteroatoms. The average molecular weight is 314 g/mol. The Labute approximate surface area is 141 Å². The van der Waals surface area contributed by atoms with Crippen LogP contribution in [0.3, 0.4) is 0 Å². The van der Waals surface area contributed by atoms with Gasteiger partial charge in [0, 0.05) is 18.6 Å². The molecular weight excluding hydrogens is 296 g/mol. The van der Waals surface area contributed by atoms with E-state index in [-0.39, 0.29) is 0 Å². The Morgan fingerprint density at radius 3 is 2.21 bits per heavy atom. The fraction of sp³-hybridized carbons (Fsp3) is 0.100. The maximum atomic E-state index is 4.56. The van der Waals surface area contributed by atoms with Crippen molar-refractivity contribution in [2.24, 2.45) is 15.2 Å². The molecule has 3 rings (SSSR count). The quantitative estimate of drug-likeness (QED) is 0.439. The number of pyridine rings is 1. The van der Waals surface area contributed by atoms with E-state index in [0.29, 0.717) is 0 Å². The van der Waals surface area contributed by atoms with Crippen LogP contribution in [0.25, 0.3) is 0 Å². The molecule has 0 atom stereocenters. The number of aromatic nitrogens is 1. The molecule has 1 heterocycles. The molecule has 1 aromatic heterocycles. The Bertz CT molecular complexity index is 866. The molecule has 0 aliphatic carbocycles. The highest BCUT2D eigenvalue weighted by Crippen LogP contribution is 2.30. The standard InChI is InChI=1S/C20H18N4/c1-15-3-6-18(7-4-15)23-24-19-8-5-16(2)13-20(19)22-14-17-9-11-21-12-10-17/h3-14H,1-2H3. The van der Waals surface area contributed by atoms with E-state index in [4.69, 9.17) is 0 Å². The predicted octanol–water partition coefficient (Wildman–Crippen LogP) is 5.86. The molecule has 0 aliphatic rings. The van der Waals surface area contributed by atoms with Crippen LogP contribution in [0.15, 0.2) is 82.2 Å². The summed E-state index contributed by atoms with van der Waals surface area (Å²) in [4.78, 5) is 8.56. The van der Waals surface area contributed by atoms with Crippen LogP contribution >= 0.6 is 0 Å². The lowest BCUT2D eigenvalue weighted by atomic mass is 10.2. The third-order valence-electron chi connectivity index (χ3n) is 3.50. The summed E-state index contributed by atoms with van der Waals surface area (Å²) in [6.07, 6.45) is 5.30. The Balaban J connectivity index is 1.88. The van der Waals surface area contributed by atoms with E-state index in [9.17, 15) is 0 Å². The van der Waals surface area contributed by atoms with Crippen molar-refractivity contribution in [3.63, 3.8) is 0 Å². The van der Waals surface area contributed by atoms with Gasteiger partial charge in [0.15, 0.2) is 0 Å². The van der Waals surface area contributed by atoms with Gasteiger partial charge in [0.05, 0.1) is 11.4 Å². The SMILES string of the molecule is Cc1ccc(N=Nc2ccc(C)cc2N=Cc2ccncc2)cc1. The summed E-state index contributed by atoms with van der Waals surface area (Å²) in [5, 5.41) is 8.66. The van der Waals surface area contributed by atoms with Crippen LogP contribution in [0.2, 0.25) is 0 Å². The number of hydrogen-bond acceptors (Lipinski definition) is 4. The predicted molar refractivity (Wildman–Crippen MR) is 98.0 cm³/mol. The first-order chi connectivity index (χ1) is 11.7. The van der Waals surface area contributed by atoms with Crippen LogP contribution in [0.1, 0.15) is 16.7 Å². The molecule has 0 saturated carbocycles. The largest absolute Gasteiger partial charge is 0.265 e.